The number of allylic oxidation sites excluding steroid dienone is 3. The van der Waals surface area contributed by atoms with Gasteiger partial charge < -0.3 is 0 Å². The van der Waals surface area contributed by atoms with Crippen LogP contribution in [0.25, 0.3) is 0 Å². The van der Waals surface area contributed by atoms with Gasteiger partial charge in [0, 0.05) is 0 Å². The van der Waals surface area contributed by atoms with Gasteiger partial charge >= 0.3 is 0 Å². The lowest BCUT2D eigenvalue weighted by Gasteiger charge is -2.04. The average Bonchev–Trinajstić information content (AvgIpc) is 2.76. The third-order valence-electron chi connectivity index (χ3n) is 6.46. The molecule has 0 unspecified atom stereocenters. The highest BCUT2D eigenvalue weighted by Gasteiger charge is 1.96. The van der Waals surface area contributed by atoms with Crippen molar-refractivity contribution in [3.8, 4) is 0 Å². The molecule has 0 aromatic rings. The van der Waals surface area contributed by atoms with Crippen molar-refractivity contribution in [1.29, 1.82) is 0 Å². The summed E-state index contributed by atoms with van der Waals surface area (Å²) in [6.07, 6.45) is 41.3. The third-order valence-corrected chi connectivity index (χ3v) is 6.46. The van der Waals surface area contributed by atoms with Gasteiger partial charge in [-0.05, 0) is 19.4 Å². The highest BCUT2D eigenvalue weighted by molar-refractivity contribution is 4.95. The van der Waals surface area contributed by atoms with Crippen molar-refractivity contribution in [1.82, 2.24) is 0 Å². The van der Waals surface area contributed by atoms with Gasteiger partial charge in [-0.15, -0.1) is 0 Å². The summed E-state index contributed by atoms with van der Waals surface area (Å²) >= 11 is 0. The molecule has 0 heterocycles. The molecule has 0 spiro atoms. The summed E-state index contributed by atoms with van der Waals surface area (Å²) in [6.45, 7) is 9.23. The summed E-state index contributed by atoms with van der Waals surface area (Å²) < 4.78 is 0. The maximum Gasteiger partial charge on any atom is -0.00991 e. The van der Waals surface area contributed by atoms with E-state index in [1.165, 1.54) is 160 Å². The zero-order valence-corrected chi connectivity index (χ0v) is 20.9. The van der Waals surface area contributed by atoms with Gasteiger partial charge in [-0.2, -0.15) is 0 Å². The first-order chi connectivity index (χ1) is 14.9. The van der Waals surface area contributed by atoms with E-state index in [-0.39, 0.29) is 0 Å². The van der Waals surface area contributed by atoms with E-state index in [1.807, 2.05) is 6.08 Å². The summed E-state index contributed by atoms with van der Waals surface area (Å²) in [5.41, 5.74) is 0. The highest BCUT2D eigenvalue weighted by atomic mass is 14.0. The molecular weight excluding hydrogens is 360 g/mol. The molecule has 0 aromatic carbocycles. The fourth-order valence-electron chi connectivity index (χ4n) is 4.39. The topological polar surface area (TPSA) is 0 Å². The van der Waals surface area contributed by atoms with Crippen molar-refractivity contribution >= 4 is 0 Å². The Morgan fingerprint density at radius 2 is 0.667 bits per heavy atom. The van der Waals surface area contributed by atoms with E-state index in [1.54, 1.807) is 0 Å². The molecule has 30 heavy (non-hydrogen) atoms. The zero-order chi connectivity index (χ0) is 21.8. The molecule has 0 atom stereocenters. The van der Waals surface area contributed by atoms with Crippen molar-refractivity contribution in [3.63, 3.8) is 0 Å². The second kappa shape index (κ2) is 28.5. The van der Waals surface area contributed by atoms with Crippen LogP contribution in [0.2, 0.25) is 0 Å². The summed E-state index contributed by atoms with van der Waals surface area (Å²) in [5, 5.41) is 0. The van der Waals surface area contributed by atoms with Gasteiger partial charge in [0.1, 0.15) is 0 Å². The second-order valence-corrected chi connectivity index (χ2v) is 9.52. The Morgan fingerprint density at radius 3 is 0.933 bits per heavy atom. The fourth-order valence-corrected chi connectivity index (χ4v) is 4.39. The van der Waals surface area contributed by atoms with Crippen LogP contribution in [0.15, 0.2) is 18.2 Å². The molecule has 0 nitrogen and oxygen atoms in total. The Hall–Kier alpha value is -0.520. The van der Waals surface area contributed by atoms with Gasteiger partial charge in [0.15, 0.2) is 0 Å². The summed E-state index contributed by atoms with van der Waals surface area (Å²) in [4.78, 5) is 0. The molecule has 0 bridgehead atoms. The minimum absolute atomic E-state index is 1.15. The van der Waals surface area contributed by atoms with Gasteiger partial charge in [-0.3, -0.25) is 0 Å². The number of unbranched alkanes of at least 4 members (excludes halogenated alkanes) is 24. The number of hydrogen-bond donors (Lipinski definition) is 0. The smallest absolute Gasteiger partial charge is 0.00991 e. The standard InChI is InChI=1S/C30H56/c1-3-5-7-9-11-13-15-17-19-21-23-25-27-29-30-28-26-24-22-20-18-16-14-12-10-8-6-4-2/h4,6,8H,3,5,7,9-30H2,1H3. The van der Waals surface area contributed by atoms with Gasteiger partial charge in [-0.1, -0.05) is 173 Å². The molecule has 0 saturated carbocycles. The number of rotatable bonds is 26. The minimum Gasteiger partial charge on any atom is -0.0845 e. The van der Waals surface area contributed by atoms with Crippen LogP contribution < -0.4 is 0 Å². The van der Waals surface area contributed by atoms with Gasteiger partial charge in [0.05, 0.1) is 0 Å². The Labute approximate surface area is 192 Å². The van der Waals surface area contributed by atoms with Crippen LogP contribution in [0.5, 0.6) is 0 Å². The lowest BCUT2D eigenvalue weighted by atomic mass is 10.0. The van der Waals surface area contributed by atoms with E-state index in [2.05, 4.69) is 13.0 Å². The molecule has 0 saturated heterocycles. The van der Waals surface area contributed by atoms with E-state index in [9.17, 15) is 0 Å². The molecule has 0 N–H and O–H groups in total. The molecular formula is C30H56. The maximum atomic E-state index is 6.93. The number of hydrogen-bond acceptors (Lipinski definition) is 0. The summed E-state index contributed by atoms with van der Waals surface area (Å²) in [5.74, 6) is 0. The van der Waals surface area contributed by atoms with Crippen molar-refractivity contribution in [2.24, 2.45) is 0 Å². The predicted octanol–water partition coefficient (Wildman–Crippen LogP) is 11.2. The van der Waals surface area contributed by atoms with E-state index in [0.29, 0.717) is 0 Å². The molecule has 2 radical (unpaired) electrons. The molecule has 0 aliphatic rings. The minimum atomic E-state index is 1.15. The van der Waals surface area contributed by atoms with Crippen molar-refractivity contribution < 1.29 is 0 Å². The maximum absolute atomic E-state index is 6.93. The Balaban J connectivity index is 3.00. The Bertz CT molecular complexity index is 327. The van der Waals surface area contributed by atoms with Crippen molar-refractivity contribution in [2.45, 2.75) is 167 Å². The first-order valence-electron chi connectivity index (χ1n) is 14.1. The lowest BCUT2D eigenvalue weighted by molar-refractivity contribution is 0.517. The molecule has 0 heteroatoms. The van der Waals surface area contributed by atoms with Gasteiger partial charge in [0.25, 0.3) is 0 Å². The molecule has 176 valence electrons. The summed E-state index contributed by atoms with van der Waals surface area (Å²) in [7, 11) is 0. The van der Waals surface area contributed by atoms with E-state index in [4.69, 9.17) is 6.58 Å². The molecule has 0 aliphatic heterocycles. The second-order valence-electron chi connectivity index (χ2n) is 9.52. The average molecular weight is 417 g/mol. The quantitative estimate of drug-likeness (QED) is 0.0971. The van der Waals surface area contributed by atoms with Crippen LogP contribution >= 0.6 is 0 Å². The van der Waals surface area contributed by atoms with Crippen LogP contribution in [0.1, 0.15) is 167 Å². The molecule has 0 amide bonds. The van der Waals surface area contributed by atoms with Crippen LogP contribution in [-0.4, -0.2) is 0 Å². The Kier molecular flexibility index (Phi) is 28.0. The van der Waals surface area contributed by atoms with E-state index < -0.39 is 0 Å². The Morgan fingerprint density at radius 1 is 0.400 bits per heavy atom. The first-order valence-corrected chi connectivity index (χ1v) is 14.1. The largest absolute Gasteiger partial charge is 0.0845 e. The normalized spacial score (nSPS) is 11.5. The lowest BCUT2D eigenvalue weighted by Crippen LogP contribution is -1.84. The fraction of sp³-hybridized carbons (Fsp3) is 0.867. The van der Waals surface area contributed by atoms with Crippen molar-refractivity contribution in [3.05, 3.63) is 24.8 Å². The van der Waals surface area contributed by atoms with E-state index >= 15 is 0 Å². The SMILES string of the molecule is [C]=CC=CCCCCCCCCCCCCCCCCCCCCCCCCCC. The van der Waals surface area contributed by atoms with E-state index in [0.717, 1.165) is 6.42 Å². The van der Waals surface area contributed by atoms with Crippen LogP contribution in [-0.2, 0) is 0 Å². The molecule has 0 rings (SSSR count). The monoisotopic (exact) mass is 416 g/mol. The van der Waals surface area contributed by atoms with Crippen molar-refractivity contribution in [2.75, 3.05) is 0 Å². The predicted molar refractivity (Wildman–Crippen MR) is 138 cm³/mol. The van der Waals surface area contributed by atoms with Gasteiger partial charge in [0.2, 0.25) is 0 Å². The molecule has 0 aromatic heterocycles. The third kappa shape index (κ3) is 27.5. The molecule has 0 fully saturated rings. The van der Waals surface area contributed by atoms with Crippen LogP contribution in [0.3, 0.4) is 0 Å². The summed E-state index contributed by atoms with van der Waals surface area (Å²) in [6, 6.07) is 0. The van der Waals surface area contributed by atoms with Crippen LogP contribution in [0.4, 0.5) is 0 Å². The van der Waals surface area contributed by atoms with Crippen LogP contribution in [0, 0.1) is 6.58 Å². The highest BCUT2D eigenvalue weighted by Crippen LogP contribution is 2.15. The first kappa shape index (κ1) is 29.5. The molecule has 0 aliphatic carbocycles. The zero-order valence-electron chi connectivity index (χ0n) is 20.9. The van der Waals surface area contributed by atoms with Gasteiger partial charge in [-0.25, -0.2) is 0 Å².